The third kappa shape index (κ3) is 17.6. The summed E-state index contributed by atoms with van der Waals surface area (Å²) in [6.45, 7) is 0. The van der Waals surface area contributed by atoms with Crippen LogP contribution in [0.15, 0.2) is 140 Å². The Morgan fingerprint density at radius 1 is 0.600 bits per heavy atom. The molecule has 0 aliphatic heterocycles. The largest absolute Gasteiger partial charge is 3.00 e. The maximum absolute atomic E-state index is 11.9. The van der Waals surface area contributed by atoms with Crippen molar-refractivity contribution in [3.05, 3.63) is 171 Å². The number of hydrogen-bond acceptors (Lipinski definition) is 13. The Kier molecular flexibility index (Phi) is 21.2. The van der Waals surface area contributed by atoms with Gasteiger partial charge in [0.1, 0.15) is 0 Å². The molecule has 6 aromatic rings. The maximum Gasteiger partial charge on any atom is 3.00 e. The Morgan fingerprint density at radius 2 is 1.00 bits per heavy atom. The van der Waals surface area contributed by atoms with E-state index in [0.29, 0.717) is 22.6 Å². The Labute approximate surface area is 374 Å². The number of rotatable bonds is 11. The van der Waals surface area contributed by atoms with Crippen molar-refractivity contribution in [3.8, 4) is 56.9 Å². The topological polar surface area (TPSA) is 258 Å². The molecule has 3 aromatic heterocycles. The second kappa shape index (κ2) is 26.0. The van der Waals surface area contributed by atoms with E-state index in [1.807, 2.05) is 54.6 Å². The molecule has 307 valence electrons. The number of nitrogens with zero attached hydrogens (tertiary/aromatic N) is 5. The van der Waals surface area contributed by atoms with Crippen molar-refractivity contribution in [1.82, 2.24) is 15.0 Å². The maximum atomic E-state index is 11.9. The molecule has 0 amide bonds. The number of pyridine rings is 3. The quantitative estimate of drug-likeness (QED) is 0.0423. The first kappa shape index (κ1) is 49.0. The molecule has 0 saturated heterocycles. The molecule has 3 aromatic carbocycles. The van der Waals surface area contributed by atoms with Gasteiger partial charge < -0.3 is 30.1 Å². The zero-order valence-corrected chi connectivity index (χ0v) is 34.1. The van der Waals surface area contributed by atoms with E-state index in [2.05, 4.69) is 34.2 Å². The van der Waals surface area contributed by atoms with Crippen LogP contribution < -0.4 is 9.47 Å². The number of ketones is 2. The number of phenolic OH excluding ortho intramolecular Hbond substituents is 2. The fraction of sp³-hybridized carbons (Fsp3) is 0.0714. The molecule has 0 unspecified atom stereocenters. The Bertz CT molecular complexity index is 2150. The molecule has 0 spiro atoms. The summed E-state index contributed by atoms with van der Waals surface area (Å²) < 4.78 is 10.00. The van der Waals surface area contributed by atoms with Gasteiger partial charge >= 0.3 is 39.9 Å². The minimum Gasteiger partial charge on any atom is -0.504 e. The molecule has 6 rings (SSSR count). The van der Waals surface area contributed by atoms with E-state index in [1.54, 1.807) is 48.8 Å². The molecule has 18 heteroatoms. The standard InChI is InChI=1S/C21H15N3.C21H20O6.Gd.2HNO3/c1-2-8-16(9-3-1)17-14-20(18-10-4-6-12-22-18)24-21(15-17)19-11-5-7-13-23-19;1-26-20-11-14(5-9-18(20)24)3-7-16(22)13-17(23)8-4-15-6-10-19(25)21(12-15)27-2;;2*2-1(3)4/h1-15H;3-12,24-25H,13H2,1-2H3;;2*(H,2,3,4)/q;;+3;;/b;7-3+,8-4+;;;. The van der Waals surface area contributed by atoms with E-state index in [4.69, 9.17) is 45.1 Å². The van der Waals surface area contributed by atoms with Gasteiger partial charge in [0.05, 0.1) is 43.4 Å². The molecule has 0 aliphatic carbocycles. The Morgan fingerprint density at radius 3 is 1.37 bits per heavy atom. The molecule has 0 saturated carbocycles. The zero-order chi connectivity index (χ0) is 43.2. The minimum atomic E-state index is -1.50. The van der Waals surface area contributed by atoms with Gasteiger partial charge in [-0.15, -0.1) is 20.2 Å². The molecule has 0 aliphatic rings. The van der Waals surface area contributed by atoms with Gasteiger partial charge in [-0.1, -0.05) is 66.7 Å². The van der Waals surface area contributed by atoms with Crippen LogP contribution in [0.4, 0.5) is 0 Å². The van der Waals surface area contributed by atoms with Crippen LogP contribution in [0.1, 0.15) is 17.5 Å². The number of allylic oxidation sites excluding steroid dienone is 2. The molecular formula is C42H37GdN5O12+3. The van der Waals surface area contributed by atoms with Gasteiger partial charge in [-0.25, -0.2) is 4.98 Å². The van der Waals surface area contributed by atoms with Gasteiger partial charge in [0.2, 0.25) is 0 Å². The molecule has 0 bridgehead atoms. The summed E-state index contributed by atoms with van der Waals surface area (Å²) in [5.74, 6) is -0.0832. The molecular weight excluding hydrogens is 924 g/mol. The second-order valence-corrected chi connectivity index (χ2v) is 11.5. The van der Waals surface area contributed by atoms with Crippen molar-refractivity contribution in [2.24, 2.45) is 0 Å². The molecule has 1 radical (unpaired) electrons. The van der Waals surface area contributed by atoms with Crippen molar-refractivity contribution in [2.45, 2.75) is 6.42 Å². The van der Waals surface area contributed by atoms with Gasteiger partial charge in [0.15, 0.2) is 34.6 Å². The number of methoxy groups -OCH3 is 2. The first-order valence-electron chi connectivity index (χ1n) is 17.0. The molecule has 60 heavy (non-hydrogen) atoms. The average Bonchev–Trinajstić information content (AvgIpc) is 3.23. The predicted molar refractivity (Wildman–Crippen MR) is 216 cm³/mol. The number of benzene rings is 3. The molecule has 17 nitrogen and oxygen atoms in total. The van der Waals surface area contributed by atoms with Crippen LogP contribution in [0.2, 0.25) is 0 Å². The number of ether oxygens (including phenoxy) is 2. The van der Waals surface area contributed by atoms with E-state index in [0.717, 1.165) is 33.9 Å². The van der Waals surface area contributed by atoms with Crippen LogP contribution in [-0.2, 0) is 9.59 Å². The number of phenols is 2. The van der Waals surface area contributed by atoms with Gasteiger partial charge in [-0.05, 0) is 95.1 Å². The van der Waals surface area contributed by atoms with Crippen LogP contribution in [0, 0.1) is 60.2 Å². The number of aromatic nitrogens is 3. The summed E-state index contributed by atoms with van der Waals surface area (Å²) in [6.07, 6.45) is 9.01. The first-order valence-corrected chi connectivity index (χ1v) is 17.0. The second-order valence-electron chi connectivity index (χ2n) is 11.5. The summed E-state index contributed by atoms with van der Waals surface area (Å²) >= 11 is 0. The van der Waals surface area contributed by atoms with Crippen LogP contribution >= 0.6 is 0 Å². The monoisotopic (exact) mass is 961 g/mol. The number of hydrogen-bond donors (Lipinski definition) is 4. The van der Waals surface area contributed by atoms with Crippen molar-refractivity contribution in [1.29, 1.82) is 0 Å². The van der Waals surface area contributed by atoms with Gasteiger partial charge in [-0.3, -0.25) is 19.6 Å². The SMILES string of the molecule is COc1cc(/C=C/C(=O)CC(=O)/C=C/c2ccc(O)c(OC)c2)ccc1O.O=[N+]([O-])O.O=[N+]([O-])O.[Gd+3].c1ccc(-c2cc(-c3ccccn3)nc(-c3ccccn3)c2)cc1. The molecule has 3 heterocycles. The summed E-state index contributed by atoms with van der Waals surface area (Å²) in [4.78, 5) is 54.2. The minimum absolute atomic E-state index is 0. The summed E-state index contributed by atoms with van der Waals surface area (Å²) in [5.41, 5.74) is 6.98. The average molecular weight is 961 g/mol. The van der Waals surface area contributed by atoms with E-state index < -0.39 is 10.2 Å². The smallest absolute Gasteiger partial charge is 0.504 e. The van der Waals surface area contributed by atoms with Crippen LogP contribution in [0.25, 0.3) is 46.1 Å². The van der Waals surface area contributed by atoms with E-state index in [-0.39, 0.29) is 69.4 Å². The van der Waals surface area contributed by atoms with E-state index >= 15 is 0 Å². The number of carbonyl (C=O) groups is 2. The molecule has 0 fully saturated rings. The van der Waals surface area contributed by atoms with Crippen LogP contribution in [0.3, 0.4) is 0 Å². The number of aromatic hydroxyl groups is 2. The van der Waals surface area contributed by atoms with Crippen LogP contribution in [0.5, 0.6) is 23.0 Å². The fourth-order valence-electron chi connectivity index (χ4n) is 4.88. The van der Waals surface area contributed by atoms with Gasteiger partial charge in [0, 0.05) is 12.4 Å². The first-order chi connectivity index (χ1) is 28.3. The van der Waals surface area contributed by atoms with Crippen molar-refractivity contribution in [3.63, 3.8) is 0 Å². The Balaban J connectivity index is 0.000000347. The normalized spacial score (nSPS) is 9.97. The van der Waals surface area contributed by atoms with Crippen molar-refractivity contribution < 1.29 is 89.8 Å². The van der Waals surface area contributed by atoms with E-state index in [9.17, 15) is 19.8 Å². The van der Waals surface area contributed by atoms with Crippen molar-refractivity contribution in [2.75, 3.05) is 14.2 Å². The van der Waals surface area contributed by atoms with E-state index in [1.165, 1.54) is 38.5 Å². The van der Waals surface area contributed by atoms with Crippen molar-refractivity contribution >= 4 is 23.7 Å². The third-order valence-corrected chi connectivity index (χ3v) is 7.47. The Hall–Kier alpha value is -7.15. The predicted octanol–water partition coefficient (Wildman–Crippen LogP) is 7.55. The molecule has 0 atom stereocenters. The number of carbonyl (C=O) groups excluding carboxylic acids is 2. The zero-order valence-electron chi connectivity index (χ0n) is 31.8. The fourth-order valence-corrected chi connectivity index (χ4v) is 4.88. The van der Waals surface area contributed by atoms with Gasteiger partial charge in [0.25, 0.3) is 10.2 Å². The summed E-state index contributed by atoms with van der Waals surface area (Å²) in [7, 11) is 2.87. The summed E-state index contributed by atoms with van der Waals surface area (Å²) in [6, 6.07) is 35.5. The van der Waals surface area contributed by atoms with Crippen LogP contribution in [-0.4, -0.2) is 71.5 Å². The summed E-state index contributed by atoms with van der Waals surface area (Å²) in [5, 5.41) is 46.4. The molecule has 4 N–H and O–H groups in total. The van der Waals surface area contributed by atoms with Gasteiger partial charge in [-0.2, -0.15) is 0 Å². The third-order valence-electron chi connectivity index (χ3n) is 7.47.